The minimum Gasteiger partial charge on any atom is -0.431 e. The molecule has 0 bridgehead atoms. The molecular formula is C12H18N4O5. The molecule has 4 N–H and O–H groups in total. The molecule has 116 valence electrons. The summed E-state index contributed by atoms with van der Waals surface area (Å²) in [7, 11) is 3.08. The lowest BCUT2D eigenvalue weighted by Gasteiger charge is -2.12. The van der Waals surface area contributed by atoms with Crippen molar-refractivity contribution in [3.63, 3.8) is 0 Å². The maximum atomic E-state index is 10.8. The molecule has 9 nitrogen and oxygen atoms in total. The number of urea groups is 1. The third kappa shape index (κ3) is 7.35. The van der Waals surface area contributed by atoms with Crippen LogP contribution >= 0.6 is 0 Å². The van der Waals surface area contributed by atoms with Crippen LogP contribution in [0.5, 0.6) is 0 Å². The molecule has 2 amide bonds. The molecule has 0 aliphatic carbocycles. The van der Waals surface area contributed by atoms with Crippen LogP contribution in [0.15, 0.2) is 28.0 Å². The number of aromatic amines is 1. The molecule has 0 radical (unpaired) electrons. The molecule has 1 fully saturated rings. The van der Waals surface area contributed by atoms with Gasteiger partial charge in [0.2, 0.25) is 0 Å². The number of aromatic nitrogens is 2. The predicted molar refractivity (Wildman–Crippen MR) is 75.5 cm³/mol. The number of hydrogen-bond donors (Lipinski definition) is 3. The van der Waals surface area contributed by atoms with Crippen molar-refractivity contribution >= 4 is 12.0 Å². The molecule has 0 aromatic carbocycles. The van der Waals surface area contributed by atoms with E-state index in [-0.39, 0.29) is 17.2 Å². The minimum atomic E-state index is -0.495. The van der Waals surface area contributed by atoms with Crippen molar-refractivity contribution < 1.29 is 14.3 Å². The van der Waals surface area contributed by atoms with Crippen LogP contribution in [0.2, 0.25) is 0 Å². The van der Waals surface area contributed by atoms with E-state index in [2.05, 4.69) is 27.4 Å². The third-order valence-electron chi connectivity index (χ3n) is 2.25. The van der Waals surface area contributed by atoms with Crippen molar-refractivity contribution in [3.8, 4) is 0 Å². The molecule has 0 saturated carbocycles. The quantitative estimate of drug-likeness (QED) is 0.534. The maximum Gasteiger partial charge on any atom is 0.328 e. The van der Waals surface area contributed by atoms with Crippen LogP contribution in [-0.4, -0.2) is 28.6 Å². The first-order chi connectivity index (χ1) is 9.67. The highest BCUT2D eigenvalue weighted by Gasteiger charge is 2.17. The number of ether oxygens (including phenoxy) is 1. The second-order valence-corrected chi connectivity index (χ2v) is 3.94. The van der Waals surface area contributed by atoms with Crippen LogP contribution < -0.4 is 22.3 Å². The summed E-state index contributed by atoms with van der Waals surface area (Å²) in [5.74, 6) is 0.417. The van der Waals surface area contributed by atoms with Gasteiger partial charge in [-0.2, -0.15) is 0 Å². The van der Waals surface area contributed by atoms with Crippen LogP contribution in [0.3, 0.4) is 0 Å². The summed E-state index contributed by atoms with van der Waals surface area (Å²) in [5.41, 5.74) is 4.49. The highest BCUT2D eigenvalue weighted by atomic mass is 16.6. The Morgan fingerprint density at radius 1 is 1.48 bits per heavy atom. The number of rotatable bonds is 0. The Balaban J connectivity index is 0.000000312. The first-order valence-corrected chi connectivity index (χ1v) is 5.80. The van der Waals surface area contributed by atoms with Gasteiger partial charge in [-0.1, -0.05) is 6.58 Å². The first kappa shape index (κ1) is 18.2. The Morgan fingerprint density at radius 3 is 2.19 bits per heavy atom. The fourth-order valence-corrected chi connectivity index (χ4v) is 0.986. The van der Waals surface area contributed by atoms with Gasteiger partial charge in [0.1, 0.15) is 12.2 Å². The molecule has 1 saturated heterocycles. The second kappa shape index (κ2) is 8.35. The van der Waals surface area contributed by atoms with E-state index >= 15 is 0 Å². The van der Waals surface area contributed by atoms with Crippen LogP contribution in [0.4, 0.5) is 4.79 Å². The summed E-state index contributed by atoms with van der Waals surface area (Å²) >= 11 is 0. The molecule has 1 aromatic heterocycles. The maximum absolute atomic E-state index is 10.8. The highest BCUT2D eigenvalue weighted by molar-refractivity contribution is 5.79. The number of cyclic esters (lactones) is 1. The zero-order valence-corrected chi connectivity index (χ0v) is 12.1. The Kier molecular flexibility index (Phi) is 7.22. The number of carbonyl (C=O) groups excluding carboxylic acids is 2. The highest BCUT2D eigenvalue weighted by Crippen LogP contribution is 2.13. The van der Waals surface area contributed by atoms with E-state index in [1.54, 1.807) is 14.0 Å². The lowest BCUT2D eigenvalue weighted by Crippen LogP contribution is -2.28. The summed E-state index contributed by atoms with van der Waals surface area (Å²) in [4.78, 5) is 42.8. The molecular weight excluding hydrogens is 280 g/mol. The van der Waals surface area contributed by atoms with Gasteiger partial charge >= 0.3 is 17.7 Å². The monoisotopic (exact) mass is 298 g/mol. The topological polar surface area (TPSA) is 136 Å². The molecule has 9 heteroatoms. The summed E-state index contributed by atoms with van der Waals surface area (Å²) in [6, 6.07) is 0.881. The van der Waals surface area contributed by atoms with Gasteiger partial charge in [0.05, 0.1) is 0 Å². The molecule has 1 aromatic rings. The largest absolute Gasteiger partial charge is 0.431 e. The molecule has 2 rings (SSSR count). The van der Waals surface area contributed by atoms with Crippen LogP contribution in [-0.2, 0) is 16.6 Å². The lowest BCUT2D eigenvalue weighted by atomic mass is 10.3. The van der Waals surface area contributed by atoms with Crippen molar-refractivity contribution in [2.24, 2.45) is 12.8 Å². The summed E-state index contributed by atoms with van der Waals surface area (Å²) in [5, 5.41) is 2.17. The smallest absolute Gasteiger partial charge is 0.328 e. The van der Waals surface area contributed by atoms with E-state index in [1.807, 2.05) is 0 Å². The van der Waals surface area contributed by atoms with E-state index in [1.165, 1.54) is 17.7 Å². The average molecular weight is 298 g/mol. The van der Waals surface area contributed by atoms with Gasteiger partial charge in [0, 0.05) is 25.9 Å². The van der Waals surface area contributed by atoms with E-state index in [0.717, 1.165) is 0 Å². The van der Waals surface area contributed by atoms with E-state index in [9.17, 15) is 19.2 Å². The molecule has 1 aliphatic rings. The molecule has 1 aliphatic heterocycles. The zero-order chi connectivity index (χ0) is 16.6. The first-order valence-electron chi connectivity index (χ1n) is 5.80. The number of esters is 1. The van der Waals surface area contributed by atoms with Crippen LogP contribution in [0.1, 0.15) is 12.1 Å². The van der Waals surface area contributed by atoms with Gasteiger partial charge in [-0.15, -0.1) is 0 Å². The number of nitrogens with zero attached hydrogens (tertiary/aromatic N) is 1. The number of nitrogens with two attached hydrogens (primary N) is 1. The molecule has 2 heterocycles. The number of amides is 2. The summed E-state index contributed by atoms with van der Waals surface area (Å²) < 4.78 is 5.68. The number of nitrogens with one attached hydrogen (secondary N) is 2. The third-order valence-corrected chi connectivity index (χ3v) is 2.25. The Morgan fingerprint density at radius 2 is 1.95 bits per heavy atom. The van der Waals surface area contributed by atoms with Crippen molar-refractivity contribution in [2.75, 3.05) is 7.05 Å². The Hall–Kier alpha value is -2.84. The fourth-order valence-electron chi connectivity index (χ4n) is 0.986. The van der Waals surface area contributed by atoms with Crippen molar-refractivity contribution in [2.45, 2.75) is 13.3 Å². The average Bonchev–Trinajstić information content (AvgIpc) is 2.36. The number of primary amides is 1. The Bertz CT molecular complexity index is 622. The molecule has 0 spiro atoms. The minimum absolute atomic E-state index is 0.167. The van der Waals surface area contributed by atoms with Gasteiger partial charge in [0.25, 0.3) is 5.56 Å². The number of hydrogen-bond acceptors (Lipinski definition) is 5. The van der Waals surface area contributed by atoms with Crippen LogP contribution in [0.25, 0.3) is 0 Å². The van der Waals surface area contributed by atoms with E-state index in [0.29, 0.717) is 17.9 Å². The van der Waals surface area contributed by atoms with Crippen molar-refractivity contribution in [1.82, 2.24) is 14.9 Å². The lowest BCUT2D eigenvalue weighted by molar-refractivity contribution is -0.148. The van der Waals surface area contributed by atoms with Gasteiger partial charge < -0.3 is 20.4 Å². The molecule has 0 unspecified atom stereocenters. The zero-order valence-electron chi connectivity index (χ0n) is 12.1. The van der Waals surface area contributed by atoms with Crippen molar-refractivity contribution in [3.05, 3.63) is 44.9 Å². The normalized spacial score (nSPS) is 11.8. The number of carbonyl (C=O) groups is 2. The predicted octanol–water partition coefficient (Wildman–Crippen LogP) is -0.886. The van der Waals surface area contributed by atoms with Crippen molar-refractivity contribution in [1.29, 1.82) is 0 Å². The SMILES string of the molecule is C=C1CC(=O)O1.CNC(N)=O.Cc1cc(=O)[nH]c(=O)n1C. The number of aryl methyl sites for hydroxylation is 1. The number of H-pyrrole nitrogens is 1. The fraction of sp³-hybridized carbons (Fsp3) is 0.333. The van der Waals surface area contributed by atoms with Crippen LogP contribution in [0, 0.1) is 6.92 Å². The summed E-state index contributed by atoms with van der Waals surface area (Å²) in [6.45, 7) is 5.07. The van der Waals surface area contributed by atoms with Gasteiger partial charge in [-0.25, -0.2) is 9.59 Å². The molecule has 0 atom stereocenters. The molecule has 21 heavy (non-hydrogen) atoms. The van der Waals surface area contributed by atoms with Gasteiger partial charge in [0.15, 0.2) is 0 Å². The van der Waals surface area contributed by atoms with E-state index in [4.69, 9.17) is 0 Å². The van der Waals surface area contributed by atoms with Gasteiger partial charge in [-0.3, -0.25) is 14.6 Å². The van der Waals surface area contributed by atoms with Gasteiger partial charge in [-0.05, 0) is 6.92 Å². The summed E-state index contributed by atoms with van der Waals surface area (Å²) in [6.07, 6.45) is 0.417. The van der Waals surface area contributed by atoms with E-state index < -0.39 is 6.03 Å². The standard InChI is InChI=1S/C6H8N2O2.C4H4O2.C2H6N2O/c1-4-3-5(9)7-6(10)8(4)2;1-3-2-4(5)6-3;1-4-2(3)5/h3H,1-2H3,(H,7,9,10);1-2H2;1H3,(H3,3,4,5). The Labute approximate surface area is 120 Å². The second-order valence-electron chi connectivity index (χ2n) is 3.94.